The minimum absolute atomic E-state index is 1.03. The minimum atomic E-state index is 1.03. The zero-order valence-corrected chi connectivity index (χ0v) is 6.43. The molecule has 2 bridgehead atoms. The van der Waals surface area contributed by atoms with Gasteiger partial charge < -0.3 is 0 Å². The average Bonchev–Trinajstić information content (AvgIpc) is 1.72. The summed E-state index contributed by atoms with van der Waals surface area (Å²) in [6, 6.07) is 0. The van der Waals surface area contributed by atoms with Gasteiger partial charge in [-0.05, 0) is 42.9 Å². The molecule has 0 aliphatic heterocycles. The Bertz CT molecular complexity index is 109. The van der Waals surface area contributed by atoms with Crippen molar-refractivity contribution >= 4 is 0 Å². The third kappa shape index (κ3) is 0.720. The van der Waals surface area contributed by atoms with Gasteiger partial charge in [0.05, 0.1) is 0 Å². The van der Waals surface area contributed by atoms with Crippen LogP contribution in [0.5, 0.6) is 0 Å². The van der Waals surface area contributed by atoms with Gasteiger partial charge in [-0.3, -0.25) is 0 Å². The summed E-state index contributed by atoms with van der Waals surface area (Å²) in [5.74, 6) is 4.33. The molecule has 3 rings (SSSR count). The van der Waals surface area contributed by atoms with Gasteiger partial charge >= 0.3 is 0 Å². The zero-order chi connectivity index (χ0) is 6.43. The van der Waals surface area contributed by atoms with Crippen molar-refractivity contribution < 1.29 is 0 Å². The Morgan fingerprint density at radius 1 is 1.00 bits per heavy atom. The lowest BCUT2D eigenvalue weighted by molar-refractivity contribution is 0.0154. The Morgan fingerprint density at radius 2 is 1.67 bits per heavy atom. The van der Waals surface area contributed by atoms with E-state index in [-0.39, 0.29) is 0 Å². The largest absolute Gasteiger partial charge is 0.0622 e. The summed E-state index contributed by atoms with van der Waals surface area (Å²) in [7, 11) is 0. The molecule has 3 saturated carbocycles. The molecule has 0 spiro atoms. The quantitative estimate of drug-likeness (QED) is 0.465. The van der Waals surface area contributed by atoms with Crippen molar-refractivity contribution in [2.24, 2.45) is 23.7 Å². The maximum Gasteiger partial charge on any atom is -0.0381 e. The van der Waals surface area contributed by atoms with E-state index in [0.717, 1.165) is 23.7 Å². The predicted molar refractivity (Wildman–Crippen MR) is 39.2 cm³/mol. The van der Waals surface area contributed by atoms with Crippen molar-refractivity contribution in [1.82, 2.24) is 0 Å². The van der Waals surface area contributed by atoms with Crippen LogP contribution in [0.4, 0.5) is 0 Å². The lowest BCUT2D eigenvalue weighted by Gasteiger charge is -2.49. The average molecular weight is 124 g/mol. The van der Waals surface area contributed by atoms with Gasteiger partial charge in [-0.1, -0.05) is 13.8 Å². The van der Waals surface area contributed by atoms with Gasteiger partial charge in [-0.2, -0.15) is 0 Å². The van der Waals surface area contributed by atoms with E-state index in [4.69, 9.17) is 0 Å². The van der Waals surface area contributed by atoms with Crippen LogP contribution in [0.2, 0.25) is 0 Å². The van der Waals surface area contributed by atoms with Crippen LogP contribution in [-0.2, 0) is 0 Å². The van der Waals surface area contributed by atoms with Gasteiger partial charge in [-0.25, -0.2) is 0 Å². The highest BCUT2D eigenvalue weighted by Crippen LogP contribution is 2.51. The molecule has 3 aliphatic rings. The zero-order valence-electron chi connectivity index (χ0n) is 6.43. The molecule has 0 heterocycles. The molecule has 0 saturated heterocycles. The molecule has 0 amide bonds. The second kappa shape index (κ2) is 1.74. The molecular weight excluding hydrogens is 108 g/mol. The van der Waals surface area contributed by atoms with Crippen LogP contribution < -0.4 is 0 Å². The van der Waals surface area contributed by atoms with Gasteiger partial charge in [0.25, 0.3) is 0 Å². The van der Waals surface area contributed by atoms with Crippen LogP contribution in [0.15, 0.2) is 0 Å². The van der Waals surface area contributed by atoms with E-state index >= 15 is 0 Å². The van der Waals surface area contributed by atoms with Crippen LogP contribution in [0.25, 0.3) is 0 Å². The third-order valence-electron chi connectivity index (χ3n) is 3.62. The van der Waals surface area contributed by atoms with Gasteiger partial charge in [0.15, 0.2) is 0 Å². The highest BCUT2D eigenvalue weighted by atomic mass is 14.5. The molecule has 0 aromatic rings. The second-order valence-corrected chi connectivity index (χ2v) is 4.17. The number of fused-ring (bicyclic) bond motifs is 2. The SMILES string of the molecule is CC1CC2CC(C2)C1C. The maximum atomic E-state index is 2.44. The summed E-state index contributed by atoms with van der Waals surface area (Å²) in [4.78, 5) is 0. The molecule has 0 radical (unpaired) electrons. The Morgan fingerprint density at radius 3 is 2.00 bits per heavy atom. The Hall–Kier alpha value is 0. The van der Waals surface area contributed by atoms with Crippen LogP contribution in [0.1, 0.15) is 33.1 Å². The molecule has 0 aromatic carbocycles. The normalized spacial score (nSPS) is 56.7. The van der Waals surface area contributed by atoms with E-state index in [2.05, 4.69) is 13.8 Å². The highest BCUT2D eigenvalue weighted by Gasteiger charge is 2.41. The molecule has 2 unspecified atom stereocenters. The fourth-order valence-electron chi connectivity index (χ4n) is 2.61. The van der Waals surface area contributed by atoms with E-state index in [1.807, 2.05) is 0 Å². The molecular formula is C9H16. The third-order valence-corrected chi connectivity index (χ3v) is 3.62. The first-order valence-corrected chi connectivity index (χ1v) is 4.27. The molecule has 3 aliphatic carbocycles. The Kier molecular flexibility index (Phi) is 1.12. The van der Waals surface area contributed by atoms with Gasteiger partial charge in [-0.15, -0.1) is 0 Å². The lowest BCUT2D eigenvalue weighted by Crippen LogP contribution is -2.39. The molecule has 2 atom stereocenters. The predicted octanol–water partition coefficient (Wildman–Crippen LogP) is 2.69. The number of hydrogen-bond donors (Lipinski definition) is 0. The van der Waals surface area contributed by atoms with Crippen molar-refractivity contribution in [2.45, 2.75) is 33.1 Å². The Balaban J connectivity index is 2.04. The summed E-state index contributed by atoms with van der Waals surface area (Å²) in [6.07, 6.45) is 4.65. The molecule has 0 heteroatoms. The monoisotopic (exact) mass is 124 g/mol. The van der Waals surface area contributed by atoms with Crippen molar-refractivity contribution in [1.29, 1.82) is 0 Å². The second-order valence-electron chi connectivity index (χ2n) is 4.17. The van der Waals surface area contributed by atoms with Crippen molar-refractivity contribution in [3.8, 4) is 0 Å². The molecule has 0 nitrogen and oxygen atoms in total. The van der Waals surface area contributed by atoms with Crippen molar-refractivity contribution in [3.05, 3.63) is 0 Å². The first-order chi connectivity index (χ1) is 4.27. The summed E-state index contributed by atoms with van der Waals surface area (Å²) in [5, 5.41) is 0. The van der Waals surface area contributed by atoms with Gasteiger partial charge in [0.1, 0.15) is 0 Å². The molecule has 0 aromatic heterocycles. The van der Waals surface area contributed by atoms with Gasteiger partial charge in [0.2, 0.25) is 0 Å². The fourth-order valence-corrected chi connectivity index (χ4v) is 2.61. The summed E-state index contributed by atoms with van der Waals surface area (Å²) >= 11 is 0. The Labute approximate surface area is 57.6 Å². The molecule has 0 N–H and O–H groups in total. The van der Waals surface area contributed by atoms with E-state index in [1.54, 1.807) is 12.8 Å². The van der Waals surface area contributed by atoms with Crippen LogP contribution in [0, 0.1) is 23.7 Å². The minimum Gasteiger partial charge on any atom is -0.0622 e. The van der Waals surface area contributed by atoms with E-state index in [1.165, 1.54) is 6.42 Å². The lowest BCUT2D eigenvalue weighted by atomic mass is 9.57. The van der Waals surface area contributed by atoms with E-state index < -0.39 is 0 Å². The standard InChI is InChI=1S/C9H16/c1-6-3-8-4-9(5-8)7(6)2/h6-9H,3-5H2,1-2H3. The van der Waals surface area contributed by atoms with E-state index in [0.29, 0.717) is 0 Å². The number of hydrogen-bond acceptors (Lipinski definition) is 0. The van der Waals surface area contributed by atoms with Crippen molar-refractivity contribution in [3.63, 3.8) is 0 Å². The summed E-state index contributed by atoms with van der Waals surface area (Å²) < 4.78 is 0. The van der Waals surface area contributed by atoms with Gasteiger partial charge in [0, 0.05) is 0 Å². The summed E-state index contributed by atoms with van der Waals surface area (Å²) in [5.41, 5.74) is 0. The van der Waals surface area contributed by atoms with E-state index in [9.17, 15) is 0 Å². The molecule has 3 fully saturated rings. The molecule has 52 valence electrons. The fraction of sp³-hybridized carbons (Fsp3) is 1.00. The van der Waals surface area contributed by atoms with Crippen LogP contribution in [-0.4, -0.2) is 0 Å². The highest BCUT2D eigenvalue weighted by molar-refractivity contribution is 4.91. The first kappa shape index (κ1) is 5.76. The summed E-state index contributed by atoms with van der Waals surface area (Å²) in [6.45, 7) is 4.85. The smallest absolute Gasteiger partial charge is 0.0381 e. The molecule has 9 heavy (non-hydrogen) atoms. The topological polar surface area (TPSA) is 0 Å². The van der Waals surface area contributed by atoms with Crippen molar-refractivity contribution in [2.75, 3.05) is 0 Å². The number of rotatable bonds is 0. The maximum absolute atomic E-state index is 2.44. The van der Waals surface area contributed by atoms with Crippen LogP contribution >= 0.6 is 0 Å². The van der Waals surface area contributed by atoms with Crippen LogP contribution in [0.3, 0.4) is 0 Å². The first-order valence-electron chi connectivity index (χ1n) is 4.27.